The third kappa shape index (κ3) is 3.70. The van der Waals surface area contributed by atoms with E-state index in [4.69, 9.17) is 16.0 Å². The summed E-state index contributed by atoms with van der Waals surface area (Å²) in [7, 11) is 0. The molecular weight excluding hydrogens is 389 g/mol. The summed E-state index contributed by atoms with van der Waals surface area (Å²) < 4.78 is 14.9. The first kappa shape index (κ1) is 19.4. The molecule has 2 aliphatic rings. The lowest BCUT2D eigenvalue weighted by Crippen LogP contribution is -2.43. The number of nitriles is 1. The molecule has 1 aliphatic heterocycles. The summed E-state index contributed by atoms with van der Waals surface area (Å²) >= 11 is 1.52. The van der Waals surface area contributed by atoms with Crippen molar-refractivity contribution in [3.8, 4) is 6.07 Å². The third-order valence-corrected chi connectivity index (χ3v) is 6.55. The monoisotopic (exact) mass is 409 g/mol. The quantitative estimate of drug-likeness (QED) is 0.803. The number of amides is 1. The van der Waals surface area contributed by atoms with Crippen LogP contribution < -0.4 is 11.1 Å². The van der Waals surface area contributed by atoms with Gasteiger partial charge in [-0.1, -0.05) is 24.6 Å². The molecule has 0 saturated heterocycles. The van der Waals surface area contributed by atoms with Crippen LogP contribution in [0, 0.1) is 23.1 Å². The Morgan fingerprint density at radius 2 is 2.21 bits per heavy atom. The Labute approximate surface area is 172 Å². The molecule has 1 unspecified atom stereocenters. The van der Waals surface area contributed by atoms with Crippen LogP contribution in [0.5, 0.6) is 0 Å². The molecule has 0 bridgehead atoms. The maximum atomic E-state index is 14.9. The molecule has 29 heavy (non-hydrogen) atoms. The number of hydrogen-bond acceptors (Lipinski definition) is 6. The van der Waals surface area contributed by atoms with Gasteiger partial charge in [0.25, 0.3) is 5.91 Å². The smallest absolute Gasteiger partial charge is 0.274 e. The standard InChI is InChI=1S/C21H20FN5OS/c22-17-6-5-15(26-19(28)18-7-4-13(10-23)11-25-18)9-16(17)21-8-2-1-3-14(21)12-29-20(24)27-21/h4-7,9,11,14H,1-3,8,12H2,(H2,24,27)(H,26,28)/t14?,21-/m0/s1. The van der Waals surface area contributed by atoms with Crippen LogP contribution in [0.2, 0.25) is 0 Å². The highest BCUT2D eigenvalue weighted by Crippen LogP contribution is 2.50. The Morgan fingerprint density at radius 3 is 2.97 bits per heavy atom. The van der Waals surface area contributed by atoms with Crippen molar-refractivity contribution < 1.29 is 9.18 Å². The molecule has 2 aromatic rings. The van der Waals surface area contributed by atoms with Crippen molar-refractivity contribution in [3.05, 3.63) is 59.2 Å². The van der Waals surface area contributed by atoms with Crippen molar-refractivity contribution in [1.82, 2.24) is 4.98 Å². The summed E-state index contributed by atoms with van der Waals surface area (Å²) in [5, 5.41) is 12.1. The molecule has 4 rings (SSSR count). The van der Waals surface area contributed by atoms with Crippen molar-refractivity contribution in [2.45, 2.75) is 31.2 Å². The van der Waals surface area contributed by atoms with Crippen LogP contribution in [0.15, 0.2) is 41.5 Å². The van der Waals surface area contributed by atoms with Gasteiger partial charge in [0.2, 0.25) is 0 Å². The van der Waals surface area contributed by atoms with E-state index in [0.717, 1.165) is 31.4 Å². The van der Waals surface area contributed by atoms with Crippen molar-refractivity contribution in [1.29, 1.82) is 5.26 Å². The van der Waals surface area contributed by atoms with Gasteiger partial charge in [-0.05, 0) is 49.1 Å². The molecule has 148 valence electrons. The number of nitrogens with two attached hydrogens (primary N) is 1. The van der Waals surface area contributed by atoms with E-state index in [0.29, 0.717) is 22.0 Å². The van der Waals surface area contributed by atoms with Crippen LogP contribution in [-0.2, 0) is 5.54 Å². The van der Waals surface area contributed by atoms with Gasteiger partial charge in [-0.2, -0.15) is 5.26 Å². The third-order valence-electron chi connectivity index (χ3n) is 5.59. The molecule has 2 atom stereocenters. The summed E-state index contributed by atoms with van der Waals surface area (Å²) in [5.41, 5.74) is 6.86. The molecule has 1 aromatic carbocycles. The summed E-state index contributed by atoms with van der Waals surface area (Å²) in [4.78, 5) is 21.2. The van der Waals surface area contributed by atoms with Crippen molar-refractivity contribution in [3.63, 3.8) is 0 Å². The van der Waals surface area contributed by atoms with Gasteiger partial charge >= 0.3 is 0 Å². The average molecular weight is 409 g/mol. The SMILES string of the molecule is N#Cc1ccc(C(=O)Nc2ccc(F)c([C@]34CCCCC3CSC(N)=N4)c2)nc1. The molecule has 3 N–H and O–H groups in total. The second kappa shape index (κ2) is 7.84. The molecule has 6 nitrogen and oxygen atoms in total. The minimum Gasteiger partial charge on any atom is -0.379 e. The lowest BCUT2D eigenvalue weighted by molar-refractivity contribution is 0.102. The first-order valence-electron chi connectivity index (χ1n) is 9.47. The first-order valence-corrected chi connectivity index (χ1v) is 10.5. The van der Waals surface area contributed by atoms with E-state index in [1.54, 1.807) is 6.07 Å². The van der Waals surface area contributed by atoms with Crippen molar-refractivity contribution in [2.75, 3.05) is 11.1 Å². The minimum atomic E-state index is -0.675. The highest BCUT2D eigenvalue weighted by Gasteiger charge is 2.46. The Hall–Kier alpha value is -2.92. The van der Waals surface area contributed by atoms with Gasteiger partial charge in [0.05, 0.1) is 11.1 Å². The second-order valence-electron chi connectivity index (χ2n) is 7.32. The Kier molecular flexibility index (Phi) is 5.24. The molecule has 1 fully saturated rings. The number of aliphatic imine (C=N–C) groups is 1. The Bertz CT molecular complexity index is 1020. The highest BCUT2D eigenvalue weighted by atomic mass is 32.2. The lowest BCUT2D eigenvalue weighted by Gasteiger charge is -2.44. The van der Waals surface area contributed by atoms with Crippen molar-refractivity contribution >= 4 is 28.5 Å². The summed E-state index contributed by atoms with van der Waals surface area (Å²) in [6.45, 7) is 0. The zero-order valence-corrected chi connectivity index (χ0v) is 16.5. The molecule has 1 saturated carbocycles. The van der Waals surface area contributed by atoms with Crippen LogP contribution >= 0.6 is 11.8 Å². The van der Waals surface area contributed by atoms with E-state index in [1.165, 1.54) is 42.2 Å². The van der Waals surface area contributed by atoms with E-state index >= 15 is 0 Å². The fourth-order valence-electron chi connectivity index (χ4n) is 4.15. The largest absolute Gasteiger partial charge is 0.379 e. The average Bonchev–Trinajstić information content (AvgIpc) is 2.74. The van der Waals surface area contributed by atoms with Gasteiger partial charge in [-0.25, -0.2) is 9.37 Å². The zero-order valence-electron chi connectivity index (χ0n) is 15.7. The van der Waals surface area contributed by atoms with Gasteiger partial charge in [-0.15, -0.1) is 0 Å². The summed E-state index contributed by atoms with van der Waals surface area (Å²) in [6, 6.07) is 9.54. The van der Waals surface area contributed by atoms with E-state index in [9.17, 15) is 9.18 Å². The molecule has 1 amide bonds. The van der Waals surface area contributed by atoms with E-state index in [1.807, 2.05) is 6.07 Å². The van der Waals surface area contributed by atoms with E-state index in [2.05, 4.69) is 10.3 Å². The molecule has 8 heteroatoms. The number of fused-ring (bicyclic) bond motifs is 1. The maximum absolute atomic E-state index is 14.9. The molecule has 0 radical (unpaired) electrons. The number of nitrogens with one attached hydrogen (secondary N) is 1. The predicted octanol–water partition coefficient (Wildman–Crippen LogP) is 3.79. The van der Waals surface area contributed by atoms with Gasteiger partial charge in [0.15, 0.2) is 5.17 Å². The second-order valence-corrected chi connectivity index (χ2v) is 8.36. The van der Waals surface area contributed by atoms with Gasteiger partial charge < -0.3 is 11.1 Å². The summed E-state index contributed by atoms with van der Waals surface area (Å²) in [5.74, 6) is 0.275. The number of nitrogens with zero attached hydrogens (tertiary/aromatic N) is 3. The van der Waals surface area contributed by atoms with E-state index in [-0.39, 0.29) is 17.4 Å². The number of hydrogen-bond donors (Lipinski definition) is 2. The number of pyridine rings is 1. The zero-order chi connectivity index (χ0) is 20.4. The number of carbonyl (C=O) groups is 1. The van der Waals surface area contributed by atoms with Gasteiger partial charge in [0, 0.05) is 23.2 Å². The number of amidine groups is 1. The highest BCUT2D eigenvalue weighted by molar-refractivity contribution is 8.13. The van der Waals surface area contributed by atoms with Gasteiger partial charge in [0.1, 0.15) is 17.6 Å². The maximum Gasteiger partial charge on any atom is 0.274 e. The molecule has 1 aromatic heterocycles. The molecule has 0 spiro atoms. The number of aromatic nitrogens is 1. The van der Waals surface area contributed by atoms with Crippen LogP contribution in [0.25, 0.3) is 0 Å². The Morgan fingerprint density at radius 1 is 1.34 bits per heavy atom. The normalized spacial score (nSPS) is 23.4. The van der Waals surface area contributed by atoms with Crippen LogP contribution in [0.1, 0.15) is 47.3 Å². The number of carbonyl (C=O) groups excluding carboxylic acids is 1. The van der Waals surface area contributed by atoms with Crippen LogP contribution in [0.3, 0.4) is 0 Å². The molecule has 2 heterocycles. The predicted molar refractivity (Wildman–Crippen MR) is 111 cm³/mol. The fraction of sp³-hybridized carbons (Fsp3) is 0.333. The molecular formula is C21H20FN5OS. The number of halogens is 1. The number of anilines is 1. The van der Waals surface area contributed by atoms with E-state index < -0.39 is 11.4 Å². The number of rotatable bonds is 3. The topological polar surface area (TPSA) is 104 Å². The number of benzene rings is 1. The van der Waals surface area contributed by atoms with Crippen LogP contribution in [0.4, 0.5) is 10.1 Å². The van der Waals surface area contributed by atoms with Crippen molar-refractivity contribution in [2.24, 2.45) is 16.6 Å². The van der Waals surface area contributed by atoms with Gasteiger partial charge in [-0.3, -0.25) is 9.79 Å². The fourth-order valence-corrected chi connectivity index (χ4v) is 5.19. The Balaban J connectivity index is 1.66. The minimum absolute atomic E-state index is 0.180. The lowest BCUT2D eigenvalue weighted by atomic mass is 9.69. The number of thioether (sulfide) groups is 1. The molecule has 1 aliphatic carbocycles. The first-order chi connectivity index (χ1) is 14.0. The summed E-state index contributed by atoms with van der Waals surface area (Å²) in [6.07, 6.45) is 5.13. The van der Waals surface area contributed by atoms with Crippen LogP contribution in [-0.4, -0.2) is 21.8 Å².